The molecule has 0 spiro atoms. The largest absolute Gasteiger partial charge is 0.497 e. The third-order valence-corrected chi connectivity index (χ3v) is 3.27. The van der Waals surface area contributed by atoms with E-state index in [-0.39, 0.29) is 6.54 Å². The van der Waals surface area contributed by atoms with E-state index < -0.39 is 5.60 Å². The zero-order valence-corrected chi connectivity index (χ0v) is 9.16. The second kappa shape index (κ2) is 3.51. The van der Waals surface area contributed by atoms with Crippen molar-refractivity contribution in [1.82, 2.24) is 0 Å². The molecule has 3 N–H and O–H groups in total. The molecule has 1 aromatic rings. The lowest BCUT2D eigenvalue weighted by Gasteiger charge is -2.22. The van der Waals surface area contributed by atoms with Crippen LogP contribution in [0.1, 0.15) is 30.4 Å². The van der Waals surface area contributed by atoms with E-state index in [2.05, 4.69) is 6.92 Å². The molecule has 2 atom stereocenters. The van der Waals surface area contributed by atoms with Gasteiger partial charge in [0.2, 0.25) is 0 Å². The van der Waals surface area contributed by atoms with Crippen LogP contribution in [0.3, 0.4) is 0 Å². The van der Waals surface area contributed by atoms with Crippen molar-refractivity contribution >= 4 is 0 Å². The Bertz CT molecular complexity index is 378. The topological polar surface area (TPSA) is 55.5 Å². The second-order valence-corrected chi connectivity index (χ2v) is 4.29. The fourth-order valence-electron chi connectivity index (χ4n) is 2.41. The van der Waals surface area contributed by atoms with E-state index in [1.165, 1.54) is 5.56 Å². The Hall–Kier alpha value is -1.06. The molecule has 3 heteroatoms. The Labute approximate surface area is 89.9 Å². The van der Waals surface area contributed by atoms with E-state index >= 15 is 0 Å². The molecular weight excluding hydrogens is 190 g/mol. The smallest absolute Gasteiger partial charge is 0.119 e. The van der Waals surface area contributed by atoms with Gasteiger partial charge in [-0.15, -0.1) is 0 Å². The SMILES string of the molecule is COc1ccc2c(c1)C(O)(CN)CC2C. The third kappa shape index (κ3) is 1.52. The van der Waals surface area contributed by atoms with Gasteiger partial charge >= 0.3 is 0 Å². The van der Waals surface area contributed by atoms with Crippen LogP contribution in [-0.4, -0.2) is 18.8 Å². The van der Waals surface area contributed by atoms with Crippen LogP contribution in [0.4, 0.5) is 0 Å². The molecule has 0 aliphatic heterocycles. The number of benzene rings is 1. The van der Waals surface area contributed by atoms with E-state index in [9.17, 15) is 5.11 Å². The Morgan fingerprint density at radius 3 is 2.93 bits per heavy atom. The van der Waals surface area contributed by atoms with Crippen molar-refractivity contribution < 1.29 is 9.84 Å². The standard InChI is InChI=1S/C12H17NO2/c1-8-6-12(14,7-13)11-5-9(15-2)3-4-10(8)11/h3-5,8,14H,6-7,13H2,1-2H3. The molecule has 82 valence electrons. The van der Waals surface area contributed by atoms with Crippen molar-refractivity contribution in [1.29, 1.82) is 0 Å². The molecule has 0 heterocycles. The lowest BCUT2D eigenvalue weighted by Crippen LogP contribution is -2.32. The summed E-state index contributed by atoms with van der Waals surface area (Å²) in [7, 11) is 1.63. The first kappa shape index (κ1) is 10.5. The summed E-state index contributed by atoms with van der Waals surface area (Å²) in [6.45, 7) is 2.37. The van der Waals surface area contributed by atoms with Crippen molar-refractivity contribution in [2.75, 3.05) is 13.7 Å². The highest BCUT2D eigenvalue weighted by Crippen LogP contribution is 2.44. The second-order valence-electron chi connectivity index (χ2n) is 4.29. The lowest BCUT2D eigenvalue weighted by atomic mass is 9.96. The Kier molecular flexibility index (Phi) is 2.44. The number of rotatable bonds is 2. The Balaban J connectivity index is 2.52. The van der Waals surface area contributed by atoms with Gasteiger partial charge in [0.1, 0.15) is 11.4 Å². The first-order valence-corrected chi connectivity index (χ1v) is 5.21. The number of hydrogen-bond acceptors (Lipinski definition) is 3. The molecule has 2 unspecified atom stereocenters. The van der Waals surface area contributed by atoms with Gasteiger partial charge in [0.05, 0.1) is 7.11 Å². The van der Waals surface area contributed by atoms with Crippen molar-refractivity contribution in [3.63, 3.8) is 0 Å². The molecule has 3 nitrogen and oxygen atoms in total. The number of nitrogens with two attached hydrogens (primary N) is 1. The molecule has 1 aromatic carbocycles. The first-order valence-electron chi connectivity index (χ1n) is 5.21. The maximum Gasteiger partial charge on any atom is 0.119 e. The van der Waals surface area contributed by atoms with Crippen LogP contribution in [0.25, 0.3) is 0 Å². The fourth-order valence-corrected chi connectivity index (χ4v) is 2.41. The van der Waals surface area contributed by atoms with E-state index in [0.717, 1.165) is 11.3 Å². The van der Waals surface area contributed by atoms with Crippen LogP contribution < -0.4 is 10.5 Å². The molecule has 15 heavy (non-hydrogen) atoms. The summed E-state index contributed by atoms with van der Waals surface area (Å²) in [6, 6.07) is 5.84. The Morgan fingerprint density at radius 1 is 1.60 bits per heavy atom. The normalized spacial score (nSPS) is 28.9. The summed E-state index contributed by atoms with van der Waals surface area (Å²) < 4.78 is 5.16. The van der Waals surface area contributed by atoms with Crippen molar-refractivity contribution in [3.8, 4) is 5.75 Å². The number of hydrogen-bond donors (Lipinski definition) is 2. The maximum atomic E-state index is 10.4. The van der Waals surface area contributed by atoms with Gasteiger partial charge in [-0.25, -0.2) is 0 Å². The minimum Gasteiger partial charge on any atom is -0.497 e. The van der Waals surface area contributed by atoms with Gasteiger partial charge in [0.25, 0.3) is 0 Å². The molecule has 0 saturated heterocycles. The number of ether oxygens (including phenoxy) is 1. The monoisotopic (exact) mass is 207 g/mol. The molecule has 0 bridgehead atoms. The van der Waals surface area contributed by atoms with Crippen molar-refractivity contribution in [3.05, 3.63) is 29.3 Å². The first-order chi connectivity index (χ1) is 7.10. The van der Waals surface area contributed by atoms with Crippen LogP contribution >= 0.6 is 0 Å². The Morgan fingerprint density at radius 2 is 2.33 bits per heavy atom. The summed E-state index contributed by atoms with van der Waals surface area (Å²) in [6.07, 6.45) is 0.700. The molecule has 0 amide bonds. The summed E-state index contributed by atoms with van der Waals surface area (Å²) in [5, 5.41) is 10.4. The molecule has 0 aromatic heterocycles. The fraction of sp³-hybridized carbons (Fsp3) is 0.500. The van der Waals surface area contributed by atoms with Gasteiger partial charge in [-0.3, -0.25) is 0 Å². The van der Waals surface area contributed by atoms with Gasteiger partial charge in [-0.05, 0) is 35.6 Å². The highest BCUT2D eigenvalue weighted by atomic mass is 16.5. The lowest BCUT2D eigenvalue weighted by molar-refractivity contribution is 0.0438. The summed E-state index contributed by atoms with van der Waals surface area (Å²) >= 11 is 0. The average molecular weight is 207 g/mol. The average Bonchev–Trinajstić information content (AvgIpc) is 2.52. The summed E-state index contributed by atoms with van der Waals surface area (Å²) in [5.74, 6) is 1.13. The highest BCUT2D eigenvalue weighted by Gasteiger charge is 2.39. The molecule has 0 radical (unpaired) electrons. The molecule has 0 fully saturated rings. The third-order valence-electron chi connectivity index (χ3n) is 3.27. The minimum absolute atomic E-state index is 0.261. The van der Waals surface area contributed by atoms with E-state index in [1.807, 2.05) is 18.2 Å². The molecule has 0 saturated carbocycles. The van der Waals surface area contributed by atoms with Crippen LogP contribution in [0, 0.1) is 0 Å². The number of methoxy groups -OCH3 is 1. The molecule has 1 aliphatic carbocycles. The maximum absolute atomic E-state index is 10.4. The highest BCUT2D eigenvalue weighted by molar-refractivity contribution is 5.45. The van der Waals surface area contributed by atoms with Crippen molar-refractivity contribution in [2.24, 2.45) is 5.73 Å². The van der Waals surface area contributed by atoms with Crippen LogP contribution in [0.5, 0.6) is 5.75 Å². The van der Waals surface area contributed by atoms with Crippen LogP contribution in [0.2, 0.25) is 0 Å². The van der Waals surface area contributed by atoms with Crippen LogP contribution in [-0.2, 0) is 5.60 Å². The molecule has 2 rings (SSSR count). The number of aliphatic hydroxyl groups is 1. The molecular formula is C12H17NO2. The van der Waals surface area contributed by atoms with Crippen molar-refractivity contribution in [2.45, 2.75) is 24.9 Å². The number of fused-ring (bicyclic) bond motifs is 1. The summed E-state index contributed by atoms with van der Waals surface area (Å²) in [5.41, 5.74) is 6.89. The molecule has 1 aliphatic rings. The predicted octanol–water partition coefficient (Wildman–Crippen LogP) is 1.35. The minimum atomic E-state index is -0.872. The zero-order valence-electron chi connectivity index (χ0n) is 9.16. The van der Waals surface area contributed by atoms with Gasteiger partial charge in [-0.2, -0.15) is 0 Å². The predicted molar refractivity (Wildman–Crippen MR) is 59.0 cm³/mol. The zero-order chi connectivity index (χ0) is 11.1. The van der Waals surface area contributed by atoms with E-state index in [4.69, 9.17) is 10.5 Å². The van der Waals surface area contributed by atoms with Gasteiger partial charge in [-0.1, -0.05) is 13.0 Å². The van der Waals surface area contributed by atoms with Gasteiger partial charge in [0, 0.05) is 6.54 Å². The van der Waals surface area contributed by atoms with Gasteiger partial charge in [0.15, 0.2) is 0 Å². The van der Waals surface area contributed by atoms with E-state index in [1.54, 1.807) is 7.11 Å². The summed E-state index contributed by atoms with van der Waals surface area (Å²) in [4.78, 5) is 0. The van der Waals surface area contributed by atoms with Crippen LogP contribution in [0.15, 0.2) is 18.2 Å². The van der Waals surface area contributed by atoms with E-state index in [0.29, 0.717) is 12.3 Å². The quantitative estimate of drug-likeness (QED) is 0.769. The van der Waals surface area contributed by atoms with Gasteiger partial charge < -0.3 is 15.6 Å².